The predicted molar refractivity (Wildman–Crippen MR) is 56.4 cm³/mol. The van der Waals surface area contributed by atoms with Crippen molar-refractivity contribution in [3.8, 4) is 0 Å². The SMILES string of the molecule is C.C.C.C.CCN.CCN. The first-order valence-corrected chi connectivity index (χ1v) is 2.23. The molecule has 2 heteroatoms. The number of rotatable bonds is 0. The molecule has 0 saturated heterocycles. The van der Waals surface area contributed by atoms with E-state index in [2.05, 4.69) is 0 Å². The molecule has 0 radical (unpaired) electrons. The van der Waals surface area contributed by atoms with Gasteiger partial charge in [0.15, 0.2) is 0 Å². The minimum atomic E-state index is 0. The van der Waals surface area contributed by atoms with Crippen molar-refractivity contribution < 1.29 is 0 Å². The van der Waals surface area contributed by atoms with Crippen LogP contribution in [0.4, 0.5) is 0 Å². The molecule has 0 atom stereocenters. The van der Waals surface area contributed by atoms with Gasteiger partial charge >= 0.3 is 0 Å². The summed E-state index contributed by atoms with van der Waals surface area (Å²) in [6.07, 6.45) is 0. The molecule has 0 spiro atoms. The highest BCUT2D eigenvalue weighted by atomic mass is 14.5. The van der Waals surface area contributed by atoms with Gasteiger partial charge in [-0.3, -0.25) is 0 Å². The Bertz CT molecular complexity index is 9.22. The summed E-state index contributed by atoms with van der Waals surface area (Å²) in [6.45, 7) is 5.31. The van der Waals surface area contributed by atoms with Gasteiger partial charge in [-0.15, -0.1) is 0 Å². The number of hydrogen-bond donors (Lipinski definition) is 2. The van der Waals surface area contributed by atoms with E-state index in [4.69, 9.17) is 11.5 Å². The average Bonchev–Trinajstić information content (AvgIpc) is 1.39. The van der Waals surface area contributed by atoms with E-state index < -0.39 is 0 Å². The van der Waals surface area contributed by atoms with Gasteiger partial charge < -0.3 is 11.5 Å². The highest BCUT2D eigenvalue weighted by Gasteiger charge is 1.33. The van der Waals surface area contributed by atoms with Crippen molar-refractivity contribution in [1.82, 2.24) is 0 Å². The lowest BCUT2D eigenvalue weighted by Gasteiger charge is -1.53. The average molecular weight is 154 g/mol. The summed E-state index contributed by atoms with van der Waals surface area (Å²) < 4.78 is 0. The fourth-order valence-corrected chi connectivity index (χ4v) is 0. The Kier molecular flexibility index (Phi) is 780. The van der Waals surface area contributed by atoms with Gasteiger partial charge in [0.1, 0.15) is 0 Å². The van der Waals surface area contributed by atoms with Crippen molar-refractivity contribution in [2.24, 2.45) is 11.5 Å². The molecule has 0 aromatic heterocycles. The second kappa shape index (κ2) is 152. The van der Waals surface area contributed by atoms with E-state index >= 15 is 0 Å². The zero-order valence-corrected chi connectivity index (χ0v) is 4.57. The Morgan fingerprint density at radius 3 is 0.700 bits per heavy atom. The maximum Gasteiger partial charge on any atom is -0.0106 e. The summed E-state index contributed by atoms with van der Waals surface area (Å²) in [6, 6.07) is 0. The van der Waals surface area contributed by atoms with Crippen LogP contribution in [0.2, 0.25) is 0 Å². The molecule has 0 aliphatic heterocycles. The minimum absolute atomic E-state index is 0. The first kappa shape index (κ1) is 51.4. The standard InChI is InChI=1S/2C2H7N.4CH4/c2*1-2-3;;;;/h2*2-3H2,1H3;4*1H4. The lowest BCUT2D eigenvalue weighted by atomic mass is 10.8. The first-order chi connectivity index (χ1) is 2.83. The molecule has 4 N–H and O–H groups in total. The van der Waals surface area contributed by atoms with Gasteiger partial charge in [0.2, 0.25) is 0 Å². The third-order valence-electron chi connectivity index (χ3n) is 0. The van der Waals surface area contributed by atoms with Crippen LogP contribution in [0.15, 0.2) is 0 Å². The molecular weight excluding hydrogens is 124 g/mol. The van der Waals surface area contributed by atoms with E-state index in [0.717, 1.165) is 13.1 Å². The van der Waals surface area contributed by atoms with Crippen LogP contribution in [0.1, 0.15) is 43.6 Å². The minimum Gasteiger partial charge on any atom is -0.331 e. The van der Waals surface area contributed by atoms with Crippen molar-refractivity contribution in [3.05, 3.63) is 0 Å². The van der Waals surface area contributed by atoms with Crippen LogP contribution in [0, 0.1) is 0 Å². The van der Waals surface area contributed by atoms with Crippen molar-refractivity contribution in [3.63, 3.8) is 0 Å². The molecule has 0 aromatic carbocycles. The summed E-state index contributed by atoms with van der Waals surface area (Å²) in [5.74, 6) is 0. The van der Waals surface area contributed by atoms with E-state index in [0.29, 0.717) is 0 Å². The molecule has 0 unspecified atom stereocenters. The van der Waals surface area contributed by atoms with Crippen LogP contribution >= 0.6 is 0 Å². The van der Waals surface area contributed by atoms with Crippen molar-refractivity contribution in [2.75, 3.05) is 13.1 Å². The highest BCUT2D eigenvalue weighted by molar-refractivity contribution is 4.00. The third kappa shape index (κ3) is 59300. The Balaban J connectivity index is -0.00000000571. The van der Waals surface area contributed by atoms with Crippen molar-refractivity contribution in [1.29, 1.82) is 0 Å². The normalized spacial score (nSPS) is 3.60. The zero-order chi connectivity index (χ0) is 5.41. The largest absolute Gasteiger partial charge is 0.331 e. The van der Waals surface area contributed by atoms with E-state index in [9.17, 15) is 0 Å². The molecule has 0 aliphatic carbocycles. The molecule has 10 heavy (non-hydrogen) atoms. The lowest BCUT2D eigenvalue weighted by molar-refractivity contribution is 1.14. The van der Waals surface area contributed by atoms with Gasteiger partial charge in [-0.05, 0) is 13.1 Å². The maximum absolute atomic E-state index is 4.85. The Morgan fingerprint density at radius 1 is 0.700 bits per heavy atom. The fourth-order valence-electron chi connectivity index (χ4n) is 0. The van der Waals surface area contributed by atoms with Gasteiger partial charge in [0, 0.05) is 0 Å². The Hall–Kier alpha value is -0.0800. The molecule has 72 valence electrons. The molecule has 0 saturated carbocycles. The first-order valence-electron chi connectivity index (χ1n) is 2.23. The number of nitrogens with two attached hydrogens (primary N) is 2. The number of hydrogen-bond acceptors (Lipinski definition) is 2. The van der Waals surface area contributed by atoms with Crippen LogP contribution < -0.4 is 11.5 Å². The van der Waals surface area contributed by atoms with Crippen LogP contribution in [0.5, 0.6) is 0 Å². The second-order valence-electron chi connectivity index (χ2n) is 0.816. The van der Waals surface area contributed by atoms with E-state index in [1.54, 1.807) is 0 Å². The van der Waals surface area contributed by atoms with Gasteiger partial charge in [-0.1, -0.05) is 43.6 Å². The van der Waals surface area contributed by atoms with Crippen LogP contribution in [-0.4, -0.2) is 13.1 Å². The van der Waals surface area contributed by atoms with Crippen LogP contribution in [0.25, 0.3) is 0 Å². The summed E-state index contributed by atoms with van der Waals surface area (Å²) in [7, 11) is 0. The second-order valence-corrected chi connectivity index (χ2v) is 0.816. The quantitative estimate of drug-likeness (QED) is 0.563. The van der Waals surface area contributed by atoms with E-state index in [1.807, 2.05) is 13.8 Å². The Labute approximate surface area is 69.0 Å². The van der Waals surface area contributed by atoms with Gasteiger partial charge in [-0.2, -0.15) is 0 Å². The molecule has 0 aromatic rings. The monoisotopic (exact) mass is 154 g/mol. The van der Waals surface area contributed by atoms with Gasteiger partial charge in [0.05, 0.1) is 0 Å². The molecule has 0 aliphatic rings. The predicted octanol–water partition coefficient (Wildman–Crippen LogP) is 2.47. The van der Waals surface area contributed by atoms with Crippen LogP contribution in [0.3, 0.4) is 0 Å². The van der Waals surface area contributed by atoms with Crippen molar-refractivity contribution in [2.45, 2.75) is 43.6 Å². The van der Waals surface area contributed by atoms with Gasteiger partial charge in [0.25, 0.3) is 0 Å². The highest BCUT2D eigenvalue weighted by Crippen LogP contribution is 1.20. The topological polar surface area (TPSA) is 52.0 Å². The summed E-state index contributed by atoms with van der Waals surface area (Å²) in [5.41, 5.74) is 9.69. The van der Waals surface area contributed by atoms with Gasteiger partial charge in [-0.25, -0.2) is 0 Å². The molecular formula is C8H30N2. The maximum atomic E-state index is 4.85. The third-order valence-corrected chi connectivity index (χ3v) is 0. The lowest BCUT2D eigenvalue weighted by Crippen LogP contribution is -1.87. The summed E-state index contributed by atoms with van der Waals surface area (Å²) >= 11 is 0. The molecule has 0 heterocycles. The molecule has 0 fully saturated rings. The fraction of sp³-hybridized carbons (Fsp3) is 1.00. The van der Waals surface area contributed by atoms with Crippen molar-refractivity contribution >= 4 is 0 Å². The molecule has 2 nitrogen and oxygen atoms in total. The Morgan fingerprint density at radius 2 is 0.700 bits per heavy atom. The zero-order valence-electron chi connectivity index (χ0n) is 4.57. The smallest absolute Gasteiger partial charge is 0.0106 e. The molecule has 0 rings (SSSR count). The summed E-state index contributed by atoms with van der Waals surface area (Å²) in [5, 5.41) is 0. The molecule has 0 bridgehead atoms. The van der Waals surface area contributed by atoms with E-state index in [1.165, 1.54) is 0 Å². The van der Waals surface area contributed by atoms with E-state index in [-0.39, 0.29) is 29.7 Å². The molecule has 0 amide bonds. The van der Waals surface area contributed by atoms with Crippen LogP contribution in [-0.2, 0) is 0 Å². The summed E-state index contributed by atoms with van der Waals surface area (Å²) in [4.78, 5) is 0.